The molecule has 0 spiro atoms. The van der Waals surface area contributed by atoms with Crippen molar-refractivity contribution in [2.45, 2.75) is 112 Å². The summed E-state index contributed by atoms with van der Waals surface area (Å²) in [5.74, 6) is 5.41. The fourth-order valence-electron chi connectivity index (χ4n) is 7.35. The van der Waals surface area contributed by atoms with E-state index in [1.165, 1.54) is 51.4 Å². The van der Waals surface area contributed by atoms with E-state index in [1.807, 2.05) is 0 Å². The Labute approximate surface area is 187 Å². The van der Waals surface area contributed by atoms with E-state index in [9.17, 15) is 5.11 Å². The molecule has 2 fully saturated rings. The first-order valence-corrected chi connectivity index (χ1v) is 13.3. The van der Waals surface area contributed by atoms with Crippen LogP contribution in [0.5, 0.6) is 0 Å². The lowest BCUT2D eigenvalue weighted by molar-refractivity contribution is 0.0158. The number of aliphatic hydroxyl groups is 1. The van der Waals surface area contributed by atoms with E-state index >= 15 is 0 Å². The molecular weight excluding hydrogens is 364 g/mol. The van der Waals surface area contributed by atoms with E-state index in [-0.39, 0.29) is 6.10 Å². The number of fused-ring (bicyclic) bond motifs is 3. The maximum Gasteiger partial charge on any atom is 0.0543 e. The second-order valence-corrected chi connectivity index (χ2v) is 11.9. The van der Waals surface area contributed by atoms with Crippen molar-refractivity contribution in [3.8, 4) is 0 Å². The predicted molar refractivity (Wildman–Crippen MR) is 130 cm³/mol. The highest BCUT2D eigenvalue weighted by atomic mass is 16.3. The van der Waals surface area contributed by atoms with Crippen molar-refractivity contribution in [3.05, 3.63) is 23.8 Å². The molecule has 1 heteroatoms. The average molecular weight is 415 g/mol. The summed E-state index contributed by atoms with van der Waals surface area (Å²) in [5.41, 5.74) is 2.05. The number of hydrogen-bond donors (Lipinski definition) is 1. The van der Waals surface area contributed by atoms with Crippen LogP contribution in [0.25, 0.3) is 0 Å². The Kier molecular flexibility index (Phi) is 8.33. The Hall–Kier alpha value is -0.560. The second-order valence-electron chi connectivity index (χ2n) is 11.9. The zero-order valence-electron chi connectivity index (χ0n) is 20.9. The summed E-state index contributed by atoms with van der Waals surface area (Å²) in [6.07, 6.45) is 20.1. The molecule has 0 bridgehead atoms. The van der Waals surface area contributed by atoms with E-state index in [0.717, 1.165) is 42.4 Å². The normalized spacial score (nSPS) is 42.0. The van der Waals surface area contributed by atoms with Crippen LogP contribution in [0.1, 0.15) is 106 Å². The van der Waals surface area contributed by atoms with Gasteiger partial charge in [0.15, 0.2) is 0 Å². The van der Waals surface area contributed by atoms with Crippen LogP contribution in [0, 0.1) is 46.8 Å². The van der Waals surface area contributed by atoms with Gasteiger partial charge in [-0.15, -0.1) is 0 Å². The molecule has 0 aromatic rings. The van der Waals surface area contributed by atoms with Gasteiger partial charge in [-0.25, -0.2) is 0 Å². The molecule has 0 aromatic carbocycles. The van der Waals surface area contributed by atoms with Gasteiger partial charge < -0.3 is 5.11 Å². The van der Waals surface area contributed by atoms with Gasteiger partial charge in [0.1, 0.15) is 0 Å². The average Bonchev–Trinajstić information content (AvgIpc) is 2.78. The van der Waals surface area contributed by atoms with Crippen molar-refractivity contribution in [2.24, 2.45) is 46.8 Å². The molecule has 0 unspecified atom stereocenters. The summed E-state index contributed by atoms with van der Waals surface area (Å²) in [5, 5.41) is 10.3. The zero-order chi connectivity index (χ0) is 21.9. The largest absolute Gasteiger partial charge is 0.393 e. The van der Waals surface area contributed by atoms with Gasteiger partial charge in [0.2, 0.25) is 0 Å². The first kappa shape index (κ1) is 24.1. The number of allylic oxidation sites excluding steroid dienone is 4. The molecule has 1 nitrogen and oxygen atoms in total. The first-order valence-electron chi connectivity index (χ1n) is 13.3. The zero-order valence-corrected chi connectivity index (χ0v) is 20.9. The predicted octanol–water partition coefficient (Wildman–Crippen LogP) is 8.19. The van der Waals surface area contributed by atoms with Crippen LogP contribution in [-0.4, -0.2) is 11.2 Å². The summed E-state index contributed by atoms with van der Waals surface area (Å²) >= 11 is 0. The third-order valence-corrected chi connectivity index (χ3v) is 9.75. The summed E-state index contributed by atoms with van der Waals surface area (Å²) < 4.78 is 0. The van der Waals surface area contributed by atoms with Crippen molar-refractivity contribution < 1.29 is 5.11 Å². The highest BCUT2D eigenvalue weighted by Gasteiger charge is 2.46. The van der Waals surface area contributed by atoms with Crippen molar-refractivity contribution >= 4 is 0 Å². The van der Waals surface area contributed by atoms with Crippen LogP contribution in [-0.2, 0) is 0 Å². The van der Waals surface area contributed by atoms with Gasteiger partial charge in [0.05, 0.1) is 6.10 Å². The third-order valence-electron chi connectivity index (χ3n) is 9.75. The van der Waals surface area contributed by atoms with Crippen LogP contribution < -0.4 is 0 Å². The van der Waals surface area contributed by atoms with E-state index in [2.05, 4.69) is 59.8 Å². The van der Waals surface area contributed by atoms with Crippen LogP contribution >= 0.6 is 0 Å². The number of aliphatic hydroxyl groups excluding tert-OH is 1. The summed E-state index contributed by atoms with van der Waals surface area (Å²) in [6, 6.07) is 0. The molecule has 0 heterocycles. The van der Waals surface area contributed by atoms with Crippen molar-refractivity contribution in [2.75, 3.05) is 0 Å². The Balaban J connectivity index is 1.72. The molecule has 8 atom stereocenters. The Morgan fingerprint density at radius 2 is 1.87 bits per heavy atom. The molecule has 3 aliphatic rings. The monoisotopic (exact) mass is 414 g/mol. The Morgan fingerprint density at radius 3 is 2.57 bits per heavy atom. The van der Waals surface area contributed by atoms with Crippen LogP contribution in [0.2, 0.25) is 0 Å². The van der Waals surface area contributed by atoms with Crippen molar-refractivity contribution in [1.82, 2.24) is 0 Å². The van der Waals surface area contributed by atoms with Gasteiger partial charge >= 0.3 is 0 Å². The maximum atomic E-state index is 10.3. The summed E-state index contributed by atoms with van der Waals surface area (Å²) in [6.45, 7) is 14.7. The van der Waals surface area contributed by atoms with Crippen LogP contribution in [0.15, 0.2) is 23.8 Å². The van der Waals surface area contributed by atoms with Crippen molar-refractivity contribution in [1.29, 1.82) is 0 Å². The smallest absolute Gasteiger partial charge is 0.0543 e. The molecule has 0 aliphatic heterocycles. The lowest BCUT2D eigenvalue weighted by Crippen LogP contribution is -2.42. The maximum absolute atomic E-state index is 10.3. The molecule has 3 rings (SSSR count). The number of rotatable bonds is 6. The van der Waals surface area contributed by atoms with Gasteiger partial charge in [0, 0.05) is 0 Å². The summed E-state index contributed by atoms with van der Waals surface area (Å²) in [7, 11) is 0. The summed E-state index contributed by atoms with van der Waals surface area (Å²) in [4.78, 5) is 0. The topological polar surface area (TPSA) is 20.2 Å². The Morgan fingerprint density at radius 1 is 1.10 bits per heavy atom. The minimum Gasteiger partial charge on any atom is -0.393 e. The highest BCUT2D eigenvalue weighted by molar-refractivity contribution is 5.27. The molecule has 3 aliphatic carbocycles. The van der Waals surface area contributed by atoms with E-state index in [1.54, 1.807) is 5.57 Å². The molecule has 1 N–H and O–H groups in total. The van der Waals surface area contributed by atoms with Crippen molar-refractivity contribution in [3.63, 3.8) is 0 Å². The van der Waals surface area contributed by atoms with Gasteiger partial charge in [-0.3, -0.25) is 0 Å². The lowest BCUT2D eigenvalue weighted by atomic mass is 9.55. The van der Waals surface area contributed by atoms with E-state index < -0.39 is 0 Å². The van der Waals surface area contributed by atoms with Gasteiger partial charge in [-0.05, 0) is 98.2 Å². The second kappa shape index (κ2) is 10.4. The van der Waals surface area contributed by atoms with E-state index in [4.69, 9.17) is 0 Å². The lowest BCUT2D eigenvalue weighted by Gasteiger charge is -2.51. The third kappa shape index (κ3) is 5.25. The minimum absolute atomic E-state index is 0.0611. The molecular formula is C29H50O. The molecule has 2 saturated carbocycles. The minimum atomic E-state index is -0.0611. The Bertz CT molecular complexity index is 601. The number of hydrogen-bond acceptors (Lipinski definition) is 1. The fourth-order valence-corrected chi connectivity index (χ4v) is 7.35. The van der Waals surface area contributed by atoms with Crippen LogP contribution in [0.4, 0.5) is 0 Å². The molecule has 0 amide bonds. The van der Waals surface area contributed by atoms with Crippen LogP contribution in [0.3, 0.4) is 0 Å². The highest BCUT2D eigenvalue weighted by Crippen LogP contribution is 2.56. The first-order chi connectivity index (χ1) is 14.3. The standard InChI is InChI=1S/C29H50O/c1-7-23(20(2)3)13-11-21(4)27-10-8-9-24-14-15-25-19-26(30)17-18-29(25,6)28(24)16-12-22(27)5/h8-9,16,20-27,30H,7,10-15,17-19H2,1-6H3/b9-8+,28-16+/t21-,22+,23-,24-,25+,26+,27-,29+/m1/s1. The fraction of sp³-hybridized carbons (Fsp3) is 0.862. The molecule has 30 heavy (non-hydrogen) atoms. The van der Waals surface area contributed by atoms with Gasteiger partial charge in [0.25, 0.3) is 0 Å². The van der Waals surface area contributed by atoms with Gasteiger partial charge in [-0.1, -0.05) is 78.2 Å². The molecule has 0 saturated heterocycles. The quantitative estimate of drug-likeness (QED) is 0.434. The van der Waals surface area contributed by atoms with E-state index in [0.29, 0.717) is 17.3 Å². The SMILES string of the molecule is CC[C@H](CC[C@@H](C)[C@H]1C/C=C/[C@@H]2CC[C@H]3C[C@@H](O)CC[C@]3(C)/C2=C/C[C@@H]1C)C(C)C. The van der Waals surface area contributed by atoms with Gasteiger partial charge in [-0.2, -0.15) is 0 Å². The molecule has 172 valence electrons. The molecule has 0 radical (unpaired) electrons. The molecule has 0 aromatic heterocycles.